The lowest BCUT2D eigenvalue weighted by Crippen LogP contribution is -2.47. The second-order valence-corrected chi connectivity index (χ2v) is 6.37. The molecule has 26 heavy (non-hydrogen) atoms. The number of aromatic nitrogens is 2. The third kappa shape index (κ3) is 3.16. The first-order chi connectivity index (χ1) is 12.4. The van der Waals surface area contributed by atoms with Gasteiger partial charge < -0.3 is 14.2 Å². The fraction of sp³-hybridized carbons (Fsp3) is 0.294. The Kier molecular flexibility index (Phi) is 4.14. The molecule has 1 saturated heterocycles. The van der Waals surface area contributed by atoms with E-state index in [0.29, 0.717) is 38.0 Å². The summed E-state index contributed by atoms with van der Waals surface area (Å²) < 4.78 is 44.0. The van der Waals surface area contributed by atoms with Gasteiger partial charge in [-0.15, -0.1) is 0 Å². The Morgan fingerprint density at radius 2 is 1.73 bits per heavy atom. The van der Waals surface area contributed by atoms with Crippen molar-refractivity contribution in [3.05, 3.63) is 47.1 Å². The summed E-state index contributed by atoms with van der Waals surface area (Å²) in [4.78, 5) is 12.2. The summed E-state index contributed by atoms with van der Waals surface area (Å²) in [5.41, 5.74) is 0.658. The standard InChI is InChI=1S/C17H14ClF3N4O/c18-12-9-11(17(19,20)21)10-22-15(12)24-5-7-25(8-6-24)16-23-13-3-1-2-4-14(13)26-16/h1-4,9-10H,5-8H2. The van der Waals surface area contributed by atoms with Crippen molar-refractivity contribution in [2.45, 2.75) is 6.18 Å². The number of hydrogen-bond acceptors (Lipinski definition) is 5. The summed E-state index contributed by atoms with van der Waals surface area (Å²) in [5, 5.41) is -0.00450. The van der Waals surface area contributed by atoms with Crippen molar-refractivity contribution in [3.8, 4) is 0 Å². The molecular formula is C17H14ClF3N4O. The van der Waals surface area contributed by atoms with E-state index >= 15 is 0 Å². The zero-order chi connectivity index (χ0) is 18.3. The molecule has 3 heterocycles. The molecule has 9 heteroatoms. The molecule has 1 aliphatic rings. The van der Waals surface area contributed by atoms with E-state index in [0.717, 1.165) is 23.4 Å². The third-order valence-corrected chi connectivity index (χ3v) is 4.56. The van der Waals surface area contributed by atoms with Gasteiger partial charge in [-0.1, -0.05) is 23.7 Å². The molecule has 0 atom stereocenters. The van der Waals surface area contributed by atoms with Crippen molar-refractivity contribution in [3.63, 3.8) is 0 Å². The van der Waals surface area contributed by atoms with Crippen LogP contribution in [0.15, 0.2) is 40.9 Å². The number of halogens is 4. The SMILES string of the molecule is FC(F)(F)c1cnc(N2CCN(c3nc4ccccc4o3)CC2)c(Cl)c1. The molecule has 3 aromatic rings. The monoisotopic (exact) mass is 382 g/mol. The molecule has 0 bridgehead atoms. The quantitative estimate of drug-likeness (QED) is 0.664. The molecule has 0 radical (unpaired) electrons. The van der Waals surface area contributed by atoms with Gasteiger partial charge in [0.15, 0.2) is 5.58 Å². The third-order valence-electron chi connectivity index (χ3n) is 4.28. The normalized spacial score (nSPS) is 15.7. The maximum atomic E-state index is 12.7. The van der Waals surface area contributed by atoms with Gasteiger partial charge in [-0.2, -0.15) is 18.2 Å². The fourth-order valence-electron chi connectivity index (χ4n) is 2.92. The molecule has 136 valence electrons. The van der Waals surface area contributed by atoms with Gasteiger partial charge in [0.1, 0.15) is 11.3 Å². The summed E-state index contributed by atoms with van der Waals surface area (Å²) in [6.45, 7) is 2.31. The molecule has 1 fully saturated rings. The lowest BCUT2D eigenvalue weighted by molar-refractivity contribution is -0.137. The molecular weight excluding hydrogens is 369 g/mol. The highest BCUT2D eigenvalue weighted by atomic mass is 35.5. The van der Waals surface area contributed by atoms with Crippen molar-refractivity contribution < 1.29 is 17.6 Å². The van der Waals surface area contributed by atoms with Crippen LogP contribution in [0, 0.1) is 0 Å². The number of rotatable bonds is 2. The predicted molar refractivity (Wildman–Crippen MR) is 92.7 cm³/mol. The molecule has 0 aliphatic carbocycles. The molecule has 2 aromatic heterocycles. The number of fused-ring (bicyclic) bond motifs is 1. The molecule has 0 saturated carbocycles. The number of benzene rings is 1. The molecule has 0 unspecified atom stereocenters. The number of hydrogen-bond donors (Lipinski definition) is 0. The van der Waals surface area contributed by atoms with Gasteiger partial charge >= 0.3 is 6.18 Å². The number of pyridine rings is 1. The maximum absolute atomic E-state index is 12.7. The summed E-state index contributed by atoms with van der Waals surface area (Å²) in [5.74, 6) is 0.358. The highest BCUT2D eigenvalue weighted by Gasteiger charge is 2.32. The lowest BCUT2D eigenvalue weighted by Gasteiger charge is -2.34. The molecule has 1 aliphatic heterocycles. The zero-order valence-electron chi connectivity index (χ0n) is 13.5. The van der Waals surface area contributed by atoms with Gasteiger partial charge in [-0.3, -0.25) is 0 Å². The van der Waals surface area contributed by atoms with E-state index in [1.807, 2.05) is 34.1 Å². The minimum absolute atomic E-state index is 0.00450. The van der Waals surface area contributed by atoms with Crippen LogP contribution in [0.2, 0.25) is 5.02 Å². The van der Waals surface area contributed by atoms with Crippen LogP contribution in [0.3, 0.4) is 0 Å². The Labute approximate surface area is 152 Å². The maximum Gasteiger partial charge on any atom is 0.417 e. The highest BCUT2D eigenvalue weighted by Crippen LogP contribution is 2.34. The first kappa shape index (κ1) is 17.0. The second-order valence-electron chi connectivity index (χ2n) is 5.97. The van der Waals surface area contributed by atoms with Gasteiger partial charge in [0, 0.05) is 32.4 Å². The van der Waals surface area contributed by atoms with Gasteiger partial charge in [-0.25, -0.2) is 4.98 Å². The van der Waals surface area contributed by atoms with Gasteiger partial charge in [0.25, 0.3) is 6.01 Å². The van der Waals surface area contributed by atoms with Crippen LogP contribution in [0.25, 0.3) is 11.1 Å². The number of anilines is 2. The summed E-state index contributed by atoms with van der Waals surface area (Å²) in [6, 6.07) is 8.96. The highest BCUT2D eigenvalue weighted by molar-refractivity contribution is 6.33. The van der Waals surface area contributed by atoms with Crippen LogP contribution in [0.1, 0.15) is 5.56 Å². The minimum Gasteiger partial charge on any atom is -0.423 e. The Morgan fingerprint density at radius 3 is 2.38 bits per heavy atom. The van der Waals surface area contributed by atoms with E-state index in [9.17, 15) is 13.2 Å². The van der Waals surface area contributed by atoms with Crippen LogP contribution < -0.4 is 9.80 Å². The molecule has 5 nitrogen and oxygen atoms in total. The summed E-state index contributed by atoms with van der Waals surface area (Å²) in [7, 11) is 0. The smallest absolute Gasteiger partial charge is 0.417 e. The molecule has 0 amide bonds. The topological polar surface area (TPSA) is 45.4 Å². The first-order valence-corrected chi connectivity index (χ1v) is 8.38. The largest absolute Gasteiger partial charge is 0.423 e. The average molecular weight is 383 g/mol. The van der Waals surface area contributed by atoms with Crippen molar-refractivity contribution in [1.29, 1.82) is 0 Å². The van der Waals surface area contributed by atoms with Crippen LogP contribution in [0.4, 0.5) is 25.0 Å². The van der Waals surface area contributed by atoms with E-state index < -0.39 is 11.7 Å². The minimum atomic E-state index is -4.46. The van der Waals surface area contributed by atoms with Crippen LogP contribution in [-0.2, 0) is 6.18 Å². The number of para-hydroxylation sites is 2. The van der Waals surface area contributed by atoms with Gasteiger partial charge in [-0.05, 0) is 18.2 Å². The average Bonchev–Trinajstić information content (AvgIpc) is 3.05. The number of piperazine rings is 1. The Balaban J connectivity index is 1.48. The van der Waals surface area contributed by atoms with Gasteiger partial charge in [0.2, 0.25) is 0 Å². The van der Waals surface area contributed by atoms with Crippen LogP contribution >= 0.6 is 11.6 Å². The lowest BCUT2D eigenvalue weighted by atomic mass is 10.2. The van der Waals surface area contributed by atoms with Crippen molar-refractivity contribution in [2.24, 2.45) is 0 Å². The number of oxazole rings is 1. The number of nitrogens with zero attached hydrogens (tertiary/aromatic N) is 4. The molecule has 0 N–H and O–H groups in total. The molecule has 0 spiro atoms. The predicted octanol–water partition coefficient (Wildman–Crippen LogP) is 4.22. The van der Waals surface area contributed by atoms with E-state index in [1.54, 1.807) is 0 Å². The van der Waals surface area contributed by atoms with Crippen molar-refractivity contribution in [2.75, 3.05) is 36.0 Å². The van der Waals surface area contributed by atoms with E-state index in [2.05, 4.69) is 9.97 Å². The zero-order valence-corrected chi connectivity index (χ0v) is 14.3. The molecule has 4 rings (SSSR count). The fourth-order valence-corrected chi connectivity index (χ4v) is 3.21. The summed E-state index contributed by atoms with van der Waals surface area (Å²) in [6.07, 6.45) is -3.64. The van der Waals surface area contributed by atoms with E-state index in [1.165, 1.54) is 0 Å². The summed E-state index contributed by atoms with van der Waals surface area (Å²) >= 11 is 6.03. The van der Waals surface area contributed by atoms with Crippen LogP contribution in [-0.4, -0.2) is 36.1 Å². The van der Waals surface area contributed by atoms with E-state index in [4.69, 9.17) is 16.0 Å². The number of alkyl halides is 3. The van der Waals surface area contributed by atoms with Crippen molar-refractivity contribution >= 4 is 34.5 Å². The van der Waals surface area contributed by atoms with Crippen LogP contribution in [0.5, 0.6) is 0 Å². The Hall–Kier alpha value is -2.48. The Morgan fingerprint density at radius 1 is 1.04 bits per heavy atom. The Bertz CT molecular complexity index is 902. The molecule has 1 aromatic carbocycles. The second kappa shape index (κ2) is 6.35. The van der Waals surface area contributed by atoms with Gasteiger partial charge in [0.05, 0.1) is 10.6 Å². The first-order valence-electron chi connectivity index (χ1n) is 8.00. The van der Waals surface area contributed by atoms with Crippen molar-refractivity contribution in [1.82, 2.24) is 9.97 Å². The van der Waals surface area contributed by atoms with E-state index in [-0.39, 0.29) is 5.02 Å².